The number of nitrogens with zero attached hydrogens (tertiary/aromatic N) is 2. The first kappa shape index (κ1) is 24.9. The molecule has 0 saturated carbocycles. The second kappa shape index (κ2) is 12.5. The van der Waals surface area contributed by atoms with Gasteiger partial charge in [0.1, 0.15) is 5.75 Å². The molecule has 8 heteroatoms. The second-order valence-electron chi connectivity index (χ2n) is 7.13. The van der Waals surface area contributed by atoms with Crippen LogP contribution in [0.5, 0.6) is 17.2 Å². The number of halogens is 1. The topological polar surface area (TPSA) is 67.4 Å². The molecule has 1 aliphatic rings. The first-order valence-electron chi connectivity index (χ1n) is 10.3. The second-order valence-corrected chi connectivity index (χ2v) is 7.13. The maximum absolute atomic E-state index is 5.52. The van der Waals surface area contributed by atoms with Gasteiger partial charge in [0, 0.05) is 25.7 Å². The van der Waals surface area contributed by atoms with Crippen molar-refractivity contribution in [1.82, 2.24) is 10.6 Å². The molecule has 2 aromatic carbocycles. The highest BCUT2D eigenvalue weighted by atomic mass is 127. The smallest absolute Gasteiger partial charge is 0.191 e. The minimum absolute atomic E-state index is 0. The lowest BCUT2D eigenvalue weighted by atomic mass is 10.2. The number of aliphatic imine (C=N–C) groups is 1. The third-order valence-electron chi connectivity index (χ3n) is 5.17. The van der Waals surface area contributed by atoms with Crippen molar-refractivity contribution in [2.75, 3.05) is 45.9 Å². The molecule has 1 aliphatic heterocycles. The molecule has 1 atom stereocenters. The minimum atomic E-state index is 0. The molecule has 1 unspecified atom stereocenters. The number of rotatable bonds is 8. The molecule has 7 nitrogen and oxygen atoms in total. The van der Waals surface area contributed by atoms with Gasteiger partial charge in [-0.1, -0.05) is 18.2 Å². The van der Waals surface area contributed by atoms with Crippen molar-refractivity contribution >= 4 is 35.6 Å². The molecule has 0 bridgehead atoms. The molecule has 0 radical (unpaired) electrons. The summed E-state index contributed by atoms with van der Waals surface area (Å²) < 4.78 is 16.2. The van der Waals surface area contributed by atoms with Crippen LogP contribution in [-0.4, -0.2) is 53.0 Å². The average molecular weight is 540 g/mol. The molecule has 1 fully saturated rings. The van der Waals surface area contributed by atoms with Gasteiger partial charge in [-0.05, 0) is 43.2 Å². The molecule has 1 heterocycles. The number of methoxy groups -OCH3 is 3. The fraction of sp³-hybridized carbons (Fsp3) is 0.435. The molecule has 170 valence electrons. The van der Waals surface area contributed by atoms with Gasteiger partial charge in [-0.25, -0.2) is 4.99 Å². The SMILES string of the molecule is CCNC(=NCc1ccc(OC)c(OC)c1)NC1CCN(c2ccccc2OC)C1.I. The number of hydrogen-bond acceptors (Lipinski definition) is 5. The molecule has 31 heavy (non-hydrogen) atoms. The lowest BCUT2D eigenvalue weighted by molar-refractivity contribution is 0.354. The summed E-state index contributed by atoms with van der Waals surface area (Å²) in [7, 11) is 5.00. The van der Waals surface area contributed by atoms with E-state index in [9.17, 15) is 0 Å². The van der Waals surface area contributed by atoms with E-state index in [2.05, 4.69) is 28.5 Å². The predicted molar refractivity (Wildman–Crippen MR) is 137 cm³/mol. The molecule has 0 amide bonds. The highest BCUT2D eigenvalue weighted by molar-refractivity contribution is 14.0. The molecule has 0 spiro atoms. The Labute approximate surface area is 202 Å². The maximum Gasteiger partial charge on any atom is 0.191 e. The minimum Gasteiger partial charge on any atom is -0.495 e. The summed E-state index contributed by atoms with van der Waals surface area (Å²) in [6, 6.07) is 14.4. The normalized spacial score (nSPS) is 15.8. The van der Waals surface area contributed by atoms with Crippen LogP contribution in [0.25, 0.3) is 0 Å². The third-order valence-corrected chi connectivity index (χ3v) is 5.17. The van der Waals surface area contributed by atoms with Crippen LogP contribution in [0.2, 0.25) is 0 Å². The molecule has 0 aromatic heterocycles. The van der Waals surface area contributed by atoms with E-state index < -0.39 is 0 Å². The Hall–Kier alpha value is -2.36. The predicted octanol–water partition coefficient (Wildman–Crippen LogP) is 3.66. The van der Waals surface area contributed by atoms with Gasteiger partial charge in [0.05, 0.1) is 33.6 Å². The number of anilines is 1. The monoisotopic (exact) mass is 540 g/mol. The zero-order valence-corrected chi connectivity index (χ0v) is 21.0. The van der Waals surface area contributed by atoms with Crippen molar-refractivity contribution < 1.29 is 14.2 Å². The molecular formula is C23H33IN4O3. The van der Waals surface area contributed by atoms with Crippen LogP contribution in [0.15, 0.2) is 47.5 Å². The van der Waals surface area contributed by atoms with E-state index in [4.69, 9.17) is 19.2 Å². The quantitative estimate of drug-likeness (QED) is 0.303. The summed E-state index contributed by atoms with van der Waals surface area (Å²) in [5, 5.41) is 6.92. The number of hydrogen-bond donors (Lipinski definition) is 2. The van der Waals surface area contributed by atoms with Crippen LogP contribution in [0.4, 0.5) is 5.69 Å². The fourth-order valence-corrected chi connectivity index (χ4v) is 3.65. The maximum atomic E-state index is 5.52. The van der Waals surface area contributed by atoms with Crippen LogP contribution in [0, 0.1) is 0 Å². The first-order chi connectivity index (χ1) is 14.7. The van der Waals surface area contributed by atoms with Gasteiger partial charge >= 0.3 is 0 Å². The van der Waals surface area contributed by atoms with Crippen molar-refractivity contribution in [2.45, 2.75) is 25.9 Å². The number of guanidine groups is 1. The van der Waals surface area contributed by atoms with Crippen LogP contribution >= 0.6 is 24.0 Å². The summed E-state index contributed by atoms with van der Waals surface area (Å²) >= 11 is 0. The zero-order chi connectivity index (χ0) is 21.3. The van der Waals surface area contributed by atoms with Gasteiger partial charge in [-0.3, -0.25) is 0 Å². The van der Waals surface area contributed by atoms with Gasteiger partial charge < -0.3 is 29.7 Å². The van der Waals surface area contributed by atoms with E-state index in [1.54, 1.807) is 21.3 Å². The number of nitrogens with one attached hydrogen (secondary N) is 2. The van der Waals surface area contributed by atoms with E-state index in [1.807, 2.05) is 36.4 Å². The zero-order valence-electron chi connectivity index (χ0n) is 18.7. The molecule has 0 aliphatic carbocycles. The summed E-state index contributed by atoms with van der Waals surface area (Å²) in [6.45, 7) is 5.32. The van der Waals surface area contributed by atoms with E-state index in [0.717, 1.165) is 54.8 Å². The highest BCUT2D eigenvalue weighted by Gasteiger charge is 2.25. The Morgan fingerprint density at radius 1 is 1.03 bits per heavy atom. The van der Waals surface area contributed by atoms with Crippen LogP contribution in [0.1, 0.15) is 18.9 Å². The summed E-state index contributed by atoms with van der Waals surface area (Å²) in [4.78, 5) is 7.12. The Bertz CT molecular complexity index is 862. The number of para-hydroxylation sites is 2. The molecular weight excluding hydrogens is 507 g/mol. The fourth-order valence-electron chi connectivity index (χ4n) is 3.65. The lowest BCUT2D eigenvalue weighted by Crippen LogP contribution is -2.44. The molecule has 2 N–H and O–H groups in total. The van der Waals surface area contributed by atoms with Crippen LogP contribution < -0.4 is 29.7 Å². The highest BCUT2D eigenvalue weighted by Crippen LogP contribution is 2.30. The summed E-state index contributed by atoms with van der Waals surface area (Å²) in [5.41, 5.74) is 2.20. The summed E-state index contributed by atoms with van der Waals surface area (Å²) in [6.07, 6.45) is 1.04. The van der Waals surface area contributed by atoms with Crippen molar-refractivity contribution in [2.24, 2.45) is 4.99 Å². The largest absolute Gasteiger partial charge is 0.495 e. The Balaban J connectivity index is 0.00000341. The van der Waals surface area contributed by atoms with Crippen molar-refractivity contribution in [3.63, 3.8) is 0 Å². The Kier molecular flexibility index (Phi) is 10.0. The van der Waals surface area contributed by atoms with Gasteiger partial charge in [0.15, 0.2) is 17.5 Å². The first-order valence-corrected chi connectivity index (χ1v) is 10.3. The van der Waals surface area contributed by atoms with E-state index in [0.29, 0.717) is 18.3 Å². The molecule has 1 saturated heterocycles. The van der Waals surface area contributed by atoms with E-state index in [-0.39, 0.29) is 24.0 Å². The number of benzene rings is 2. The van der Waals surface area contributed by atoms with Gasteiger partial charge in [0.25, 0.3) is 0 Å². The van der Waals surface area contributed by atoms with Crippen molar-refractivity contribution in [3.8, 4) is 17.2 Å². The van der Waals surface area contributed by atoms with Gasteiger partial charge in [0.2, 0.25) is 0 Å². The van der Waals surface area contributed by atoms with E-state index in [1.165, 1.54) is 0 Å². The Morgan fingerprint density at radius 2 is 1.77 bits per heavy atom. The van der Waals surface area contributed by atoms with Crippen LogP contribution in [-0.2, 0) is 6.54 Å². The lowest BCUT2D eigenvalue weighted by Gasteiger charge is -2.22. The van der Waals surface area contributed by atoms with E-state index >= 15 is 0 Å². The van der Waals surface area contributed by atoms with Gasteiger partial charge in [-0.2, -0.15) is 0 Å². The molecule has 3 rings (SSSR count). The molecule has 2 aromatic rings. The van der Waals surface area contributed by atoms with Gasteiger partial charge in [-0.15, -0.1) is 24.0 Å². The number of ether oxygens (including phenoxy) is 3. The average Bonchev–Trinajstić information content (AvgIpc) is 3.25. The Morgan fingerprint density at radius 3 is 2.48 bits per heavy atom. The van der Waals surface area contributed by atoms with Crippen molar-refractivity contribution in [3.05, 3.63) is 48.0 Å². The van der Waals surface area contributed by atoms with Crippen molar-refractivity contribution in [1.29, 1.82) is 0 Å². The van der Waals surface area contributed by atoms with Crippen LogP contribution in [0.3, 0.4) is 0 Å². The standard InChI is InChI=1S/C23H32N4O3.HI/c1-5-24-23(25-15-17-10-11-21(29-3)22(14-17)30-4)26-18-12-13-27(16-18)19-8-6-7-9-20(19)28-2;/h6-11,14,18H,5,12-13,15-16H2,1-4H3,(H2,24,25,26);1H. The summed E-state index contributed by atoms with van der Waals surface area (Å²) in [5.74, 6) is 3.16. The third kappa shape index (κ3) is 6.56.